The van der Waals surface area contributed by atoms with Crippen LogP contribution in [-0.2, 0) is 20.9 Å². The highest BCUT2D eigenvalue weighted by Gasteiger charge is 2.46. The van der Waals surface area contributed by atoms with Crippen molar-refractivity contribution in [2.45, 2.75) is 12.6 Å². The number of aliphatic hydroxyl groups excluding tert-OH is 1. The molecule has 1 unspecified atom stereocenters. The smallest absolute Gasteiger partial charge is 0.295 e. The molecule has 11 heteroatoms. The lowest BCUT2D eigenvalue weighted by Gasteiger charge is -2.25. The number of carbonyl (C=O) groups excluding carboxylic acids is 2. The second kappa shape index (κ2) is 12.6. The van der Waals surface area contributed by atoms with Crippen molar-refractivity contribution in [1.29, 1.82) is 0 Å². The van der Waals surface area contributed by atoms with Crippen LogP contribution in [0.1, 0.15) is 22.7 Å². The van der Waals surface area contributed by atoms with Crippen LogP contribution in [0.4, 0.5) is 4.39 Å². The standard InChI is InChI=1S/C29H26Cl2FNO7/c1-37-13-12-33-24(17-6-10-19(11-7-17)40-15-16-4-8-18(32)9-5-16)22(26(35)29(33)36)25(34)20-14-21(30)28(39-3)23(31)27(20)38-2/h4-11,14,24,34H,12-13,15H2,1-3H3/b25-22+. The predicted octanol–water partition coefficient (Wildman–Crippen LogP) is 5.80. The first-order valence-corrected chi connectivity index (χ1v) is 12.8. The largest absolute Gasteiger partial charge is 0.507 e. The number of methoxy groups -OCH3 is 3. The van der Waals surface area contributed by atoms with Crippen molar-refractivity contribution in [3.05, 3.63) is 92.7 Å². The zero-order chi connectivity index (χ0) is 29.0. The molecule has 3 aromatic carbocycles. The van der Waals surface area contributed by atoms with Gasteiger partial charge in [-0.1, -0.05) is 47.5 Å². The molecule has 0 saturated carbocycles. The minimum atomic E-state index is -0.953. The summed E-state index contributed by atoms with van der Waals surface area (Å²) >= 11 is 12.7. The normalized spacial score (nSPS) is 16.4. The van der Waals surface area contributed by atoms with Crippen LogP contribution >= 0.6 is 23.2 Å². The van der Waals surface area contributed by atoms with E-state index >= 15 is 0 Å². The van der Waals surface area contributed by atoms with Gasteiger partial charge in [-0.2, -0.15) is 0 Å². The zero-order valence-electron chi connectivity index (χ0n) is 21.9. The van der Waals surface area contributed by atoms with Crippen molar-refractivity contribution in [2.24, 2.45) is 0 Å². The predicted molar refractivity (Wildman–Crippen MR) is 148 cm³/mol. The SMILES string of the molecule is COCCN1C(=O)C(=O)/C(=C(/O)c2cc(Cl)c(OC)c(Cl)c2OC)C1c1ccc(OCc2ccc(F)cc2)cc1. The number of hydrogen-bond acceptors (Lipinski definition) is 7. The van der Waals surface area contributed by atoms with Crippen molar-refractivity contribution in [3.8, 4) is 17.2 Å². The van der Waals surface area contributed by atoms with Gasteiger partial charge >= 0.3 is 0 Å². The minimum absolute atomic E-state index is 0.00753. The van der Waals surface area contributed by atoms with Gasteiger partial charge in [-0.15, -0.1) is 0 Å². The Balaban J connectivity index is 1.76. The number of amides is 1. The third-order valence-corrected chi connectivity index (χ3v) is 7.01. The summed E-state index contributed by atoms with van der Waals surface area (Å²) in [7, 11) is 4.19. The van der Waals surface area contributed by atoms with Crippen LogP contribution in [-0.4, -0.2) is 56.2 Å². The molecule has 1 aliphatic heterocycles. The molecule has 1 N–H and O–H groups in total. The van der Waals surface area contributed by atoms with Gasteiger partial charge in [0.25, 0.3) is 11.7 Å². The number of carbonyl (C=O) groups is 2. The number of ketones is 1. The van der Waals surface area contributed by atoms with E-state index in [1.54, 1.807) is 36.4 Å². The third kappa shape index (κ3) is 5.72. The number of nitrogens with zero attached hydrogens (tertiary/aromatic N) is 1. The van der Waals surface area contributed by atoms with Crippen LogP contribution in [0, 0.1) is 5.82 Å². The Bertz CT molecular complexity index is 1440. The fraction of sp³-hybridized carbons (Fsp3) is 0.241. The molecule has 0 aliphatic carbocycles. The van der Waals surface area contributed by atoms with Crippen LogP contribution < -0.4 is 14.2 Å². The fourth-order valence-electron chi connectivity index (χ4n) is 4.43. The van der Waals surface area contributed by atoms with Gasteiger partial charge in [0, 0.05) is 13.7 Å². The number of Topliss-reactive ketones (excluding diaryl/α,β-unsaturated/α-hetero) is 1. The zero-order valence-corrected chi connectivity index (χ0v) is 23.4. The van der Waals surface area contributed by atoms with E-state index in [2.05, 4.69) is 0 Å². The van der Waals surface area contributed by atoms with Crippen LogP contribution in [0.3, 0.4) is 0 Å². The Morgan fingerprint density at radius 3 is 2.23 bits per heavy atom. The molecular weight excluding hydrogens is 564 g/mol. The quantitative estimate of drug-likeness (QED) is 0.181. The lowest BCUT2D eigenvalue weighted by atomic mass is 9.95. The second-order valence-corrected chi connectivity index (χ2v) is 9.54. The molecule has 1 fully saturated rings. The molecule has 0 aromatic heterocycles. The lowest BCUT2D eigenvalue weighted by Crippen LogP contribution is -2.32. The van der Waals surface area contributed by atoms with E-state index in [-0.39, 0.29) is 58.3 Å². The highest BCUT2D eigenvalue weighted by Crippen LogP contribution is 2.47. The molecule has 0 spiro atoms. The number of ether oxygens (including phenoxy) is 4. The highest BCUT2D eigenvalue weighted by atomic mass is 35.5. The van der Waals surface area contributed by atoms with Crippen molar-refractivity contribution in [2.75, 3.05) is 34.5 Å². The molecule has 1 saturated heterocycles. The Labute approximate surface area is 240 Å². The summed E-state index contributed by atoms with van der Waals surface area (Å²) in [5.74, 6) is -1.88. The van der Waals surface area contributed by atoms with Gasteiger partial charge in [0.2, 0.25) is 0 Å². The number of hydrogen-bond donors (Lipinski definition) is 1. The lowest BCUT2D eigenvalue weighted by molar-refractivity contribution is -0.140. The Hall–Kier alpha value is -3.79. The Morgan fingerprint density at radius 1 is 0.975 bits per heavy atom. The first kappa shape index (κ1) is 29.2. The van der Waals surface area contributed by atoms with Crippen molar-refractivity contribution < 1.29 is 38.0 Å². The summed E-state index contributed by atoms with van der Waals surface area (Å²) in [5.41, 5.74) is 1.17. The molecule has 0 bridgehead atoms. The summed E-state index contributed by atoms with van der Waals surface area (Å²) in [4.78, 5) is 27.7. The van der Waals surface area contributed by atoms with Crippen LogP contribution in [0.5, 0.6) is 17.2 Å². The summed E-state index contributed by atoms with van der Waals surface area (Å²) in [5, 5.41) is 11.5. The van der Waals surface area contributed by atoms with Gasteiger partial charge in [-0.3, -0.25) is 9.59 Å². The molecule has 3 aromatic rings. The first-order valence-electron chi connectivity index (χ1n) is 12.1. The Kier molecular flexibility index (Phi) is 9.19. The molecule has 1 amide bonds. The number of likely N-dealkylation sites (tertiary alicyclic amines) is 1. The molecular formula is C29H26Cl2FNO7. The molecule has 1 aliphatic rings. The topological polar surface area (TPSA) is 94.5 Å². The van der Waals surface area contributed by atoms with Crippen LogP contribution in [0.15, 0.2) is 60.2 Å². The van der Waals surface area contributed by atoms with Gasteiger partial charge in [0.15, 0.2) is 11.5 Å². The van der Waals surface area contributed by atoms with Crippen molar-refractivity contribution in [3.63, 3.8) is 0 Å². The molecule has 4 rings (SSSR count). The van der Waals surface area contributed by atoms with Gasteiger partial charge in [0.05, 0.1) is 43.0 Å². The van der Waals surface area contributed by atoms with Gasteiger partial charge < -0.3 is 29.0 Å². The van der Waals surface area contributed by atoms with E-state index in [0.29, 0.717) is 11.3 Å². The van der Waals surface area contributed by atoms with Crippen molar-refractivity contribution in [1.82, 2.24) is 4.90 Å². The van der Waals surface area contributed by atoms with Crippen LogP contribution in [0.25, 0.3) is 5.76 Å². The van der Waals surface area contributed by atoms with E-state index in [0.717, 1.165) is 5.56 Å². The van der Waals surface area contributed by atoms with E-state index in [9.17, 15) is 19.1 Å². The van der Waals surface area contributed by atoms with Gasteiger partial charge in [-0.25, -0.2) is 4.39 Å². The number of halogens is 3. The maximum atomic E-state index is 13.3. The first-order chi connectivity index (χ1) is 19.2. The monoisotopic (exact) mass is 589 g/mol. The molecule has 210 valence electrons. The summed E-state index contributed by atoms with van der Waals surface area (Å²) in [6, 6.07) is 13.1. The highest BCUT2D eigenvalue weighted by molar-refractivity contribution is 6.47. The number of benzene rings is 3. The molecule has 1 atom stereocenters. The van der Waals surface area contributed by atoms with Crippen LogP contribution in [0.2, 0.25) is 10.0 Å². The average molecular weight is 590 g/mol. The Morgan fingerprint density at radius 2 is 1.62 bits per heavy atom. The van der Waals surface area contributed by atoms with Gasteiger partial charge in [-0.05, 0) is 41.5 Å². The molecule has 40 heavy (non-hydrogen) atoms. The maximum absolute atomic E-state index is 13.3. The summed E-state index contributed by atoms with van der Waals surface area (Å²) < 4.78 is 34.7. The molecule has 0 radical (unpaired) electrons. The third-order valence-electron chi connectivity index (χ3n) is 6.39. The van der Waals surface area contributed by atoms with E-state index in [1.165, 1.54) is 44.4 Å². The molecule has 8 nitrogen and oxygen atoms in total. The van der Waals surface area contributed by atoms with E-state index < -0.39 is 23.5 Å². The summed E-state index contributed by atoms with van der Waals surface area (Å²) in [6.45, 7) is 0.462. The number of aliphatic hydroxyl groups is 1. The maximum Gasteiger partial charge on any atom is 0.295 e. The fourth-order valence-corrected chi connectivity index (χ4v) is 5.12. The molecule has 1 heterocycles. The van der Waals surface area contributed by atoms with Gasteiger partial charge in [0.1, 0.15) is 29.0 Å². The van der Waals surface area contributed by atoms with E-state index in [4.69, 9.17) is 42.1 Å². The summed E-state index contributed by atoms with van der Waals surface area (Å²) in [6.07, 6.45) is 0. The number of rotatable bonds is 10. The minimum Gasteiger partial charge on any atom is -0.507 e. The average Bonchev–Trinajstić information content (AvgIpc) is 3.20. The van der Waals surface area contributed by atoms with Crippen molar-refractivity contribution >= 4 is 40.7 Å². The van der Waals surface area contributed by atoms with E-state index in [1.807, 2.05) is 0 Å². The second-order valence-electron chi connectivity index (χ2n) is 8.76.